The normalized spacial score (nSPS) is 21.6. The number of nitrogens with zero attached hydrogens (tertiary/aromatic N) is 2. The highest BCUT2D eigenvalue weighted by molar-refractivity contribution is 5.95. The molecule has 6 nitrogen and oxygen atoms in total. The minimum Gasteiger partial charge on any atom is -0.326 e. The number of hydrogen-bond donors (Lipinski definition) is 2. The quantitative estimate of drug-likeness (QED) is 0.589. The number of carbonyl (C=O) groups excluding carboxylic acids is 1. The van der Waals surface area contributed by atoms with Gasteiger partial charge in [-0.3, -0.25) is 14.7 Å². The van der Waals surface area contributed by atoms with Gasteiger partial charge >= 0.3 is 5.69 Å². The standard InChI is InChI=1S/C8H10N4O2/c9-5-3-7(13)12(4-5)6-1-2-10-8(14)11-6/h1-2,5H,3-4,9H2,(H,10,11,14). The van der Waals surface area contributed by atoms with Crippen molar-refractivity contribution in [3.05, 3.63) is 22.7 Å². The van der Waals surface area contributed by atoms with Crippen LogP contribution in [0.2, 0.25) is 0 Å². The van der Waals surface area contributed by atoms with Crippen molar-refractivity contribution in [2.45, 2.75) is 12.5 Å². The Hall–Kier alpha value is -1.69. The van der Waals surface area contributed by atoms with Gasteiger partial charge in [-0.1, -0.05) is 0 Å². The van der Waals surface area contributed by atoms with E-state index in [0.717, 1.165) is 0 Å². The third kappa shape index (κ3) is 1.51. The zero-order valence-corrected chi connectivity index (χ0v) is 7.43. The third-order valence-corrected chi connectivity index (χ3v) is 2.10. The highest BCUT2D eigenvalue weighted by atomic mass is 16.2. The topological polar surface area (TPSA) is 92.1 Å². The lowest BCUT2D eigenvalue weighted by Gasteiger charge is -2.14. The van der Waals surface area contributed by atoms with Gasteiger partial charge < -0.3 is 5.73 Å². The van der Waals surface area contributed by atoms with E-state index in [1.165, 1.54) is 11.1 Å². The second-order valence-electron chi connectivity index (χ2n) is 3.23. The van der Waals surface area contributed by atoms with Gasteiger partial charge in [-0.25, -0.2) is 9.78 Å². The van der Waals surface area contributed by atoms with Crippen LogP contribution in [0, 0.1) is 0 Å². The number of nitrogens with two attached hydrogens (primary N) is 1. The molecule has 6 heteroatoms. The van der Waals surface area contributed by atoms with Crippen LogP contribution < -0.4 is 16.3 Å². The van der Waals surface area contributed by atoms with E-state index in [1.807, 2.05) is 0 Å². The molecule has 0 bridgehead atoms. The number of H-pyrrole nitrogens is 1. The summed E-state index contributed by atoms with van der Waals surface area (Å²) in [6.07, 6.45) is 1.69. The molecule has 1 amide bonds. The number of amides is 1. The summed E-state index contributed by atoms with van der Waals surface area (Å²) in [6, 6.07) is 1.43. The van der Waals surface area contributed by atoms with E-state index < -0.39 is 5.69 Å². The average Bonchev–Trinajstić information content (AvgIpc) is 2.45. The van der Waals surface area contributed by atoms with Gasteiger partial charge in [-0.05, 0) is 6.07 Å². The minimum absolute atomic E-state index is 0.0700. The fourth-order valence-corrected chi connectivity index (χ4v) is 1.48. The van der Waals surface area contributed by atoms with Crippen molar-refractivity contribution in [1.82, 2.24) is 9.97 Å². The summed E-state index contributed by atoms with van der Waals surface area (Å²) >= 11 is 0. The SMILES string of the molecule is NC1CC(=O)N(c2ccnc(=O)[nH]2)C1. The maximum Gasteiger partial charge on any atom is 0.346 e. The van der Waals surface area contributed by atoms with E-state index in [1.54, 1.807) is 6.07 Å². The number of nitrogens with one attached hydrogen (secondary N) is 1. The average molecular weight is 194 g/mol. The van der Waals surface area contributed by atoms with Crippen molar-refractivity contribution in [1.29, 1.82) is 0 Å². The number of carbonyl (C=O) groups is 1. The molecule has 0 saturated carbocycles. The van der Waals surface area contributed by atoms with Crippen LogP contribution >= 0.6 is 0 Å². The van der Waals surface area contributed by atoms with Gasteiger partial charge in [-0.2, -0.15) is 0 Å². The minimum atomic E-state index is -0.462. The lowest BCUT2D eigenvalue weighted by Crippen LogP contribution is -2.30. The first kappa shape index (κ1) is 8.89. The molecule has 3 N–H and O–H groups in total. The summed E-state index contributed by atoms with van der Waals surface area (Å²) in [5.74, 6) is 0.391. The summed E-state index contributed by atoms with van der Waals surface area (Å²) in [5, 5.41) is 0. The molecule has 2 heterocycles. The highest BCUT2D eigenvalue weighted by Gasteiger charge is 2.28. The molecule has 1 aliphatic heterocycles. The van der Waals surface area contributed by atoms with E-state index in [0.29, 0.717) is 18.8 Å². The van der Waals surface area contributed by atoms with Gasteiger partial charge in [0.15, 0.2) is 0 Å². The number of anilines is 1. The van der Waals surface area contributed by atoms with Crippen LogP contribution in [0.1, 0.15) is 6.42 Å². The predicted molar refractivity (Wildman–Crippen MR) is 49.8 cm³/mol. The van der Waals surface area contributed by atoms with Crippen LogP contribution in [0.4, 0.5) is 5.82 Å². The van der Waals surface area contributed by atoms with E-state index in [2.05, 4.69) is 9.97 Å². The Morgan fingerprint density at radius 1 is 1.57 bits per heavy atom. The molecule has 1 fully saturated rings. The summed E-state index contributed by atoms with van der Waals surface area (Å²) in [4.78, 5) is 29.7. The number of aromatic amines is 1. The van der Waals surface area contributed by atoms with Crippen LogP contribution in [0.15, 0.2) is 17.1 Å². The van der Waals surface area contributed by atoms with Gasteiger partial charge in [-0.15, -0.1) is 0 Å². The van der Waals surface area contributed by atoms with Crippen molar-refractivity contribution < 1.29 is 4.79 Å². The molecule has 0 spiro atoms. The van der Waals surface area contributed by atoms with Gasteiger partial charge in [0.05, 0.1) is 0 Å². The molecular weight excluding hydrogens is 184 g/mol. The maximum atomic E-state index is 11.4. The van der Waals surface area contributed by atoms with Crippen LogP contribution in [-0.2, 0) is 4.79 Å². The predicted octanol–water partition coefficient (Wildman–Crippen LogP) is -1.17. The first-order valence-corrected chi connectivity index (χ1v) is 4.28. The maximum absolute atomic E-state index is 11.4. The van der Waals surface area contributed by atoms with Crippen molar-refractivity contribution in [3.63, 3.8) is 0 Å². The zero-order chi connectivity index (χ0) is 10.1. The van der Waals surface area contributed by atoms with Gasteiger partial charge in [0.1, 0.15) is 5.82 Å². The first-order valence-electron chi connectivity index (χ1n) is 4.28. The molecule has 0 radical (unpaired) electrons. The zero-order valence-electron chi connectivity index (χ0n) is 7.43. The Bertz CT molecular complexity index is 414. The molecule has 1 aromatic heterocycles. The lowest BCUT2D eigenvalue weighted by atomic mass is 10.3. The number of hydrogen-bond acceptors (Lipinski definition) is 4. The molecule has 1 saturated heterocycles. The van der Waals surface area contributed by atoms with Gasteiger partial charge in [0, 0.05) is 25.2 Å². The van der Waals surface area contributed by atoms with Crippen LogP contribution in [0.3, 0.4) is 0 Å². The highest BCUT2D eigenvalue weighted by Crippen LogP contribution is 2.16. The number of rotatable bonds is 1. The van der Waals surface area contributed by atoms with Crippen LogP contribution in [-0.4, -0.2) is 28.5 Å². The van der Waals surface area contributed by atoms with E-state index in [4.69, 9.17) is 5.73 Å². The summed E-state index contributed by atoms with van der Waals surface area (Å²) in [5.41, 5.74) is 5.16. The summed E-state index contributed by atoms with van der Waals surface area (Å²) in [6.45, 7) is 0.443. The van der Waals surface area contributed by atoms with E-state index in [9.17, 15) is 9.59 Å². The van der Waals surface area contributed by atoms with Crippen molar-refractivity contribution in [2.75, 3.05) is 11.4 Å². The lowest BCUT2D eigenvalue weighted by molar-refractivity contribution is -0.117. The second-order valence-corrected chi connectivity index (χ2v) is 3.23. The van der Waals surface area contributed by atoms with Gasteiger partial charge in [0.2, 0.25) is 5.91 Å². The molecule has 2 rings (SSSR count). The van der Waals surface area contributed by atoms with Crippen molar-refractivity contribution in [3.8, 4) is 0 Å². The Kier molecular flexibility index (Phi) is 2.05. The fourth-order valence-electron chi connectivity index (χ4n) is 1.48. The molecule has 74 valence electrons. The summed E-state index contributed by atoms with van der Waals surface area (Å²) in [7, 11) is 0. The van der Waals surface area contributed by atoms with Crippen LogP contribution in [0.5, 0.6) is 0 Å². The van der Waals surface area contributed by atoms with E-state index >= 15 is 0 Å². The second kappa shape index (κ2) is 3.22. The third-order valence-electron chi connectivity index (χ3n) is 2.10. The monoisotopic (exact) mass is 194 g/mol. The summed E-state index contributed by atoms with van der Waals surface area (Å²) < 4.78 is 0. The van der Waals surface area contributed by atoms with Gasteiger partial charge in [0.25, 0.3) is 0 Å². The Labute approximate surface area is 79.7 Å². The molecule has 1 aliphatic rings. The first-order chi connectivity index (χ1) is 6.66. The molecule has 1 atom stereocenters. The Morgan fingerprint density at radius 2 is 2.36 bits per heavy atom. The number of aromatic nitrogens is 2. The van der Waals surface area contributed by atoms with Crippen molar-refractivity contribution >= 4 is 11.7 Å². The molecule has 1 aromatic rings. The largest absolute Gasteiger partial charge is 0.346 e. The smallest absolute Gasteiger partial charge is 0.326 e. The fraction of sp³-hybridized carbons (Fsp3) is 0.375. The molecule has 14 heavy (non-hydrogen) atoms. The molecular formula is C8H10N4O2. The molecule has 0 aliphatic carbocycles. The Balaban J connectivity index is 2.32. The van der Waals surface area contributed by atoms with Crippen LogP contribution in [0.25, 0.3) is 0 Å². The molecule has 0 aromatic carbocycles. The Morgan fingerprint density at radius 3 is 2.93 bits per heavy atom. The molecule has 1 unspecified atom stereocenters. The van der Waals surface area contributed by atoms with Crippen molar-refractivity contribution in [2.24, 2.45) is 5.73 Å². The van der Waals surface area contributed by atoms with E-state index in [-0.39, 0.29) is 11.9 Å².